The van der Waals surface area contributed by atoms with Gasteiger partial charge in [0.15, 0.2) is 0 Å². The molecule has 1 aromatic carbocycles. The average molecular weight is 302 g/mol. The smallest absolute Gasteiger partial charge is 0.143 e. The molecule has 0 spiro atoms. The summed E-state index contributed by atoms with van der Waals surface area (Å²) in [5, 5.41) is 3.50. The van der Waals surface area contributed by atoms with Crippen LogP contribution >= 0.6 is 11.6 Å². The zero-order valence-corrected chi connectivity index (χ0v) is 12.4. The molecule has 0 radical (unpaired) electrons. The van der Waals surface area contributed by atoms with E-state index in [1.165, 1.54) is 0 Å². The van der Waals surface area contributed by atoms with Crippen molar-refractivity contribution >= 4 is 23.3 Å². The first-order valence-corrected chi connectivity index (χ1v) is 6.60. The Kier molecular flexibility index (Phi) is 4.45. The molecule has 0 amide bonds. The monoisotopic (exact) mass is 301 g/mol. The number of aromatic nitrogens is 1. The summed E-state index contributed by atoms with van der Waals surface area (Å²) in [4.78, 5) is 8.48. The first-order chi connectivity index (χ1) is 10.0. The first kappa shape index (κ1) is 14.9. The van der Waals surface area contributed by atoms with Gasteiger partial charge in [-0.1, -0.05) is 36.4 Å². The predicted octanol–water partition coefficient (Wildman–Crippen LogP) is 2.58. The Morgan fingerprint density at radius 1 is 1.24 bits per heavy atom. The van der Waals surface area contributed by atoms with Crippen LogP contribution in [0.3, 0.4) is 0 Å². The number of hydrogen-bond acceptors (Lipinski definition) is 4. The second-order valence-electron chi connectivity index (χ2n) is 4.33. The average Bonchev–Trinajstić information content (AvgIpc) is 2.46. The lowest BCUT2D eigenvalue weighted by molar-refractivity contribution is 1.23. The third kappa shape index (κ3) is 3.32. The molecule has 0 atom stereocenters. The number of halogens is 1. The molecule has 2 rings (SSSR count). The summed E-state index contributed by atoms with van der Waals surface area (Å²) >= 11 is 6.20. The van der Waals surface area contributed by atoms with Gasteiger partial charge in [-0.3, -0.25) is 4.99 Å². The number of benzene rings is 1. The maximum Gasteiger partial charge on any atom is 0.143 e. The summed E-state index contributed by atoms with van der Waals surface area (Å²) in [5.41, 5.74) is 13.6. The third-order valence-corrected chi connectivity index (χ3v) is 3.17. The number of nitrogens with one attached hydrogen (secondary N) is 1. The number of anilines is 1. The van der Waals surface area contributed by atoms with E-state index >= 15 is 0 Å². The summed E-state index contributed by atoms with van der Waals surface area (Å²) in [5.74, 6) is 1.11. The van der Waals surface area contributed by atoms with Crippen LogP contribution in [0.4, 0.5) is 5.82 Å². The van der Waals surface area contributed by atoms with E-state index < -0.39 is 0 Å². The minimum Gasteiger partial charge on any atom is -0.386 e. The van der Waals surface area contributed by atoms with Gasteiger partial charge in [-0.15, -0.1) is 0 Å². The van der Waals surface area contributed by atoms with Crippen LogP contribution in [0, 0.1) is 0 Å². The highest BCUT2D eigenvalue weighted by molar-refractivity contribution is 6.33. The van der Waals surface area contributed by atoms with E-state index in [0.29, 0.717) is 27.9 Å². The number of nitrogens with zero attached hydrogens (tertiary/aromatic N) is 2. The quantitative estimate of drug-likeness (QED) is 0.598. The summed E-state index contributed by atoms with van der Waals surface area (Å²) < 4.78 is 0. The summed E-state index contributed by atoms with van der Waals surface area (Å²) in [6.45, 7) is 3.62. The molecule has 0 saturated carbocycles. The Hall–Kier alpha value is -2.53. The highest BCUT2D eigenvalue weighted by atomic mass is 35.5. The van der Waals surface area contributed by atoms with Crippen LogP contribution in [0.15, 0.2) is 53.8 Å². The number of amidine groups is 1. The lowest BCUT2D eigenvalue weighted by atomic mass is 10.1. The Morgan fingerprint density at radius 2 is 1.95 bits per heavy atom. The van der Waals surface area contributed by atoms with Gasteiger partial charge in [0.1, 0.15) is 11.7 Å². The zero-order valence-electron chi connectivity index (χ0n) is 11.6. The minimum absolute atomic E-state index is 0.268. The minimum atomic E-state index is 0.268. The first-order valence-electron chi connectivity index (χ1n) is 6.23. The van der Waals surface area contributed by atoms with Gasteiger partial charge in [-0.25, -0.2) is 4.98 Å². The van der Waals surface area contributed by atoms with Gasteiger partial charge in [0, 0.05) is 17.6 Å². The second-order valence-corrected chi connectivity index (χ2v) is 4.74. The number of pyridine rings is 1. The van der Waals surface area contributed by atoms with Crippen molar-refractivity contribution in [2.24, 2.45) is 16.5 Å². The van der Waals surface area contributed by atoms with E-state index in [9.17, 15) is 0 Å². The fourth-order valence-corrected chi connectivity index (χ4v) is 2.09. The van der Waals surface area contributed by atoms with Crippen LogP contribution in [0.1, 0.15) is 5.56 Å². The number of aliphatic imine (C=N–C) groups is 1. The van der Waals surface area contributed by atoms with E-state index in [1.54, 1.807) is 7.05 Å². The SMILES string of the molecule is C=C(N)Nc1nc(-c2ccccc2Cl)ccc1C(N)=NC. The lowest BCUT2D eigenvalue weighted by Gasteiger charge is -2.12. The predicted molar refractivity (Wildman–Crippen MR) is 88.3 cm³/mol. The number of hydrogen-bond donors (Lipinski definition) is 3. The van der Waals surface area contributed by atoms with Crippen molar-refractivity contribution in [3.05, 3.63) is 59.4 Å². The highest BCUT2D eigenvalue weighted by Crippen LogP contribution is 2.28. The normalized spacial score (nSPS) is 11.2. The Balaban J connectivity index is 2.56. The molecule has 5 nitrogen and oxygen atoms in total. The van der Waals surface area contributed by atoms with Gasteiger partial charge in [0.25, 0.3) is 0 Å². The molecule has 0 bridgehead atoms. The number of rotatable bonds is 4. The van der Waals surface area contributed by atoms with E-state index in [4.69, 9.17) is 23.1 Å². The molecule has 1 aromatic heterocycles. The van der Waals surface area contributed by atoms with Crippen LogP contribution in [0.25, 0.3) is 11.3 Å². The fourth-order valence-electron chi connectivity index (χ4n) is 1.85. The van der Waals surface area contributed by atoms with E-state index in [-0.39, 0.29) is 5.82 Å². The van der Waals surface area contributed by atoms with Crippen molar-refractivity contribution in [3.8, 4) is 11.3 Å². The summed E-state index contributed by atoms with van der Waals surface area (Å²) in [6.07, 6.45) is 0. The number of nitrogens with two attached hydrogens (primary N) is 2. The molecule has 0 fully saturated rings. The molecule has 108 valence electrons. The largest absolute Gasteiger partial charge is 0.386 e. The second kappa shape index (κ2) is 6.28. The molecular formula is C15H16ClN5. The van der Waals surface area contributed by atoms with Crippen molar-refractivity contribution in [2.45, 2.75) is 0 Å². The van der Waals surface area contributed by atoms with Crippen molar-refractivity contribution in [1.82, 2.24) is 4.98 Å². The third-order valence-electron chi connectivity index (χ3n) is 2.84. The zero-order chi connectivity index (χ0) is 15.4. The Bertz CT molecular complexity index is 709. The van der Waals surface area contributed by atoms with Gasteiger partial charge in [-0.05, 0) is 18.2 Å². The van der Waals surface area contributed by atoms with Gasteiger partial charge in [-0.2, -0.15) is 0 Å². The standard InChI is InChI=1S/C15H16ClN5/c1-9(17)20-15-11(14(18)19-2)7-8-13(21-15)10-5-3-4-6-12(10)16/h3-8H,1,17H2,2H3,(H2,18,19)(H,20,21). The van der Waals surface area contributed by atoms with Crippen molar-refractivity contribution in [1.29, 1.82) is 0 Å². The molecule has 0 aliphatic rings. The van der Waals surface area contributed by atoms with Crippen molar-refractivity contribution in [2.75, 3.05) is 12.4 Å². The van der Waals surface area contributed by atoms with Gasteiger partial charge < -0.3 is 16.8 Å². The van der Waals surface area contributed by atoms with Crippen LogP contribution in [0.2, 0.25) is 5.02 Å². The maximum atomic E-state index is 6.20. The molecule has 21 heavy (non-hydrogen) atoms. The van der Waals surface area contributed by atoms with Crippen molar-refractivity contribution in [3.63, 3.8) is 0 Å². The fraction of sp³-hybridized carbons (Fsp3) is 0.0667. The lowest BCUT2D eigenvalue weighted by Crippen LogP contribution is -2.18. The molecule has 0 unspecified atom stereocenters. The van der Waals surface area contributed by atoms with Gasteiger partial charge in [0.2, 0.25) is 0 Å². The Morgan fingerprint density at radius 3 is 2.57 bits per heavy atom. The van der Waals surface area contributed by atoms with E-state index in [2.05, 4.69) is 21.9 Å². The maximum absolute atomic E-state index is 6.20. The van der Waals surface area contributed by atoms with Crippen LogP contribution < -0.4 is 16.8 Å². The van der Waals surface area contributed by atoms with Crippen LogP contribution in [-0.2, 0) is 0 Å². The summed E-state index contributed by atoms with van der Waals surface area (Å²) in [7, 11) is 1.61. The molecule has 2 aromatic rings. The molecule has 0 saturated heterocycles. The van der Waals surface area contributed by atoms with Crippen molar-refractivity contribution < 1.29 is 0 Å². The summed E-state index contributed by atoms with van der Waals surface area (Å²) in [6, 6.07) is 11.1. The van der Waals surface area contributed by atoms with Crippen LogP contribution in [0.5, 0.6) is 0 Å². The Labute approximate surface area is 128 Å². The molecule has 0 aliphatic heterocycles. The molecular weight excluding hydrogens is 286 g/mol. The highest BCUT2D eigenvalue weighted by Gasteiger charge is 2.12. The van der Waals surface area contributed by atoms with E-state index in [0.717, 1.165) is 5.56 Å². The molecule has 6 heteroatoms. The van der Waals surface area contributed by atoms with Gasteiger partial charge in [0.05, 0.1) is 17.1 Å². The van der Waals surface area contributed by atoms with E-state index in [1.807, 2.05) is 36.4 Å². The molecule has 5 N–H and O–H groups in total. The van der Waals surface area contributed by atoms with Gasteiger partial charge >= 0.3 is 0 Å². The molecule has 0 aliphatic carbocycles. The van der Waals surface area contributed by atoms with Crippen LogP contribution in [-0.4, -0.2) is 17.9 Å². The molecule has 1 heterocycles. The topological polar surface area (TPSA) is 89.3 Å².